The van der Waals surface area contributed by atoms with E-state index in [1.807, 2.05) is 0 Å². The van der Waals surface area contributed by atoms with E-state index < -0.39 is 28.6 Å². The van der Waals surface area contributed by atoms with Gasteiger partial charge in [-0.25, -0.2) is 14.6 Å². The predicted molar refractivity (Wildman–Crippen MR) is 90.0 cm³/mol. The van der Waals surface area contributed by atoms with E-state index in [2.05, 4.69) is 10.3 Å². The largest absolute Gasteiger partial charge is 0.480 e. The van der Waals surface area contributed by atoms with Gasteiger partial charge in [-0.1, -0.05) is 10.8 Å². The monoisotopic (exact) mass is 375 g/mol. The summed E-state index contributed by atoms with van der Waals surface area (Å²) in [6.07, 6.45) is 0.563. The van der Waals surface area contributed by atoms with Crippen LogP contribution in [0.2, 0.25) is 0 Å². The van der Waals surface area contributed by atoms with Gasteiger partial charge >= 0.3 is 17.7 Å². The topological polar surface area (TPSA) is 132 Å². The Kier molecular flexibility index (Phi) is 7.29. The molecular formula is C13H17N3O6S2. The van der Waals surface area contributed by atoms with Crippen LogP contribution >= 0.6 is 21.6 Å². The number of nitrogens with zero attached hydrogens (tertiary/aromatic N) is 2. The molecule has 1 amide bonds. The fourth-order valence-corrected chi connectivity index (χ4v) is 3.57. The first-order chi connectivity index (χ1) is 11.1. The molecule has 0 bridgehead atoms. The fourth-order valence-electron chi connectivity index (χ4n) is 1.37. The van der Waals surface area contributed by atoms with Crippen LogP contribution in [0, 0.1) is 10.1 Å². The van der Waals surface area contributed by atoms with E-state index in [0.29, 0.717) is 0 Å². The zero-order chi connectivity index (χ0) is 18.3. The van der Waals surface area contributed by atoms with Crippen molar-refractivity contribution in [2.24, 2.45) is 0 Å². The highest BCUT2D eigenvalue weighted by Gasteiger charge is 2.25. The lowest BCUT2D eigenvalue weighted by Crippen LogP contribution is -2.44. The SMILES string of the molecule is CC(C)(C)OC(=O)NC(CSSc1ncccc1[N+](=O)[O-])C(=O)O. The molecule has 0 aliphatic heterocycles. The Morgan fingerprint density at radius 3 is 2.71 bits per heavy atom. The minimum atomic E-state index is -1.23. The van der Waals surface area contributed by atoms with Crippen LogP contribution in [0.15, 0.2) is 23.4 Å². The molecule has 0 aliphatic carbocycles. The van der Waals surface area contributed by atoms with Gasteiger partial charge in [-0.15, -0.1) is 0 Å². The summed E-state index contributed by atoms with van der Waals surface area (Å²) in [7, 11) is 2.00. The number of alkyl carbamates (subject to hydrolysis) is 1. The minimum Gasteiger partial charge on any atom is -0.480 e. The third-order valence-corrected chi connectivity index (χ3v) is 4.60. The second kappa shape index (κ2) is 8.73. The Morgan fingerprint density at radius 1 is 1.50 bits per heavy atom. The molecule has 0 fully saturated rings. The van der Waals surface area contributed by atoms with Crippen molar-refractivity contribution in [2.45, 2.75) is 37.4 Å². The summed E-state index contributed by atoms with van der Waals surface area (Å²) >= 11 is 0. The van der Waals surface area contributed by atoms with Gasteiger partial charge in [0, 0.05) is 18.0 Å². The maximum Gasteiger partial charge on any atom is 0.408 e. The average molecular weight is 375 g/mol. The molecule has 132 valence electrons. The Labute approximate surface area is 146 Å². The normalized spacial score (nSPS) is 12.3. The first-order valence-electron chi connectivity index (χ1n) is 6.71. The third kappa shape index (κ3) is 7.04. The molecule has 0 aromatic carbocycles. The number of carbonyl (C=O) groups excluding carboxylic acids is 1. The quantitative estimate of drug-likeness (QED) is 0.419. The number of amides is 1. The Balaban J connectivity index is 2.61. The maximum absolute atomic E-state index is 11.6. The Morgan fingerprint density at radius 2 is 2.17 bits per heavy atom. The lowest BCUT2D eigenvalue weighted by molar-refractivity contribution is -0.388. The van der Waals surface area contributed by atoms with Gasteiger partial charge in [-0.05, 0) is 37.6 Å². The summed E-state index contributed by atoms with van der Waals surface area (Å²) in [4.78, 5) is 37.0. The Hall–Kier alpha value is -2.01. The highest BCUT2D eigenvalue weighted by molar-refractivity contribution is 8.76. The number of aromatic nitrogens is 1. The van der Waals surface area contributed by atoms with E-state index in [1.54, 1.807) is 20.8 Å². The summed E-state index contributed by atoms with van der Waals surface area (Å²) < 4.78 is 5.00. The lowest BCUT2D eigenvalue weighted by atomic mass is 10.2. The van der Waals surface area contributed by atoms with E-state index in [-0.39, 0.29) is 16.5 Å². The number of carboxylic acids is 1. The lowest BCUT2D eigenvalue weighted by Gasteiger charge is -2.21. The molecule has 1 atom stereocenters. The number of hydrogen-bond acceptors (Lipinski definition) is 8. The van der Waals surface area contributed by atoms with Crippen LogP contribution in [0.4, 0.5) is 10.5 Å². The number of aliphatic carboxylic acids is 1. The molecule has 9 nitrogen and oxygen atoms in total. The van der Waals surface area contributed by atoms with Crippen LogP contribution in [0.5, 0.6) is 0 Å². The van der Waals surface area contributed by atoms with Crippen molar-refractivity contribution >= 4 is 39.3 Å². The van der Waals surface area contributed by atoms with Crippen molar-refractivity contribution in [2.75, 3.05) is 5.75 Å². The van der Waals surface area contributed by atoms with Crippen molar-refractivity contribution < 1.29 is 24.4 Å². The summed E-state index contributed by atoms with van der Waals surface area (Å²) in [5.74, 6) is -1.25. The van der Waals surface area contributed by atoms with Crippen LogP contribution in [-0.4, -0.2) is 44.5 Å². The Bertz CT molecular complexity index is 620. The van der Waals surface area contributed by atoms with Crippen molar-refractivity contribution in [1.82, 2.24) is 10.3 Å². The fraction of sp³-hybridized carbons (Fsp3) is 0.462. The second-order valence-electron chi connectivity index (χ2n) is 5.49. The number of pyridine rings is 1. The highest BCUT2D eigenvalue weighted by atomic mass is 33.1. The predicted octanol–water partition coefficient (Wildman–Crippen LogP) is 2.71. The number of ether oxygens (including phenoxy) is 1. The van der Waals surface area contributed by atoms with Crippen LogP contribution in [-0.2, 0) is 9.53 Å². The molecule has 1 unspecified atom stereocenters. The first-order valence-corrected chi connectivity index (χ1v) is 9.03. The van der Waals surface area contributed by atoms with E-state index in [4.69, 9.17) is 9.84 Å². The zero-order valence-corrected chi connectivity index (χ0v) is 14.8. The summed E-state index contributed by atoms with van der Waals surface area (Å²) in [6, 6.07) is 1.56. The van der Waals surface area contributed by atoms with Gasteiger partial charge in [0.1, 0.15) is 11.6 Å². The third-order valence-electron chi connectivity index (χ3n) is 2.31. The second-order valence-corrected chi connectivity index (χ2v) is 7.82. The smallest absolute Gasteiger partial charge is 0.408 e. The van der Waals surface area contributed by atoms with Gasteiger partial charge in [0.15, 0.2) is 5.03 Å². The van der Waals surface area contributed by atoms with Crippen LogP contribution in [0.3, 0.4) is 0 Å². The summed E-state index contributed by atoms with van der Waals surface area (Å²) in [6.45, 7) is 4.98. The zero-order valence-electron chi connectivity index (χ0n) is 13.2. The number of carbonyl (C=O) groups is 2. The molecule has 0 radical (unpaired) electrons. The number of hydrogen-bond donors (Lipinski definition) is 2. The standard InChI is InChI=1S/C13H17N3O6S2/c1-13(2,3)22-12(19)15-8(11(17)18)7-23-24-10-9(16(20)21)5-4-6-14-10/h4-6,8H,7H2,1-3H3,(H,15,19)(H,17,18). The van der Waals surface area contributed by atoms with Gasteiger partial charge < -0.3 is 15.2 Å². The van der Waals surface area contributed by atoms with Crippen molar-refractivity contribution in [3.63, 3.8) is 0 Å². The molecule has 1 rings (SSSR count). The maximum atomic E-state index is 11.6. The van der Waals surface area contributed by atoms with Crippen molar-refractivity contribution in [1.29, 1.82) is 0 Å². The average Bonchev–Trinajstić information content (AvgIpc) is 2.44. The molecule has 1 aromatic heterocycles. The van der Waals surface area contributed by atoms with E-state index in [0.717, 1.165) is 21.6 Å². The molecule has 11 heteroatoms. The minimum absolute atomic E-state index is 0.0209. The molecule has 0 spiro atoms. The molecular weight excluding hydrogens is 358 g/mol. The van der Waals surface area contributed by atoms with Crippen LogP contribution in [0.1, 0.15) is 20.8 Å². The van der Waals surface area contributed by atoms with E-state index >= 15 is 0 Å². The highest BCUT2D eigenvalue weighted by Crippen LogP contribution is 2.35. The number of rotatable bonds is 7. The van der Waals surface area contributed by atoms with Crippen LogP contribution < -0.4 is 5.32 Å². The van der Waals surface area contributed by atoms with Gasteiger partial charge in [-0.2, -0.15) is 0 Å². The number of carboxylic acid groups (broad SMARTS) is 1. The van der Waals surface area contributed by atoms with Gasteiger partial charge in [0.05, 0.1) is 4.92 Å². The summed E-state index contributed by atoms with van der Waals surface area (Å²) in [5.41, 5.74) is -0.911. The summed E-state index contributed by atoms with van der Waals surface area (Å²) in [5, 5.41) is 22.4. The van der Waals surface area contributed by atoms with Crippen LogP contribution in [0.25, 0.3) is 0 Å². The molecule has 0 saturated carbocycles. The van der Waals surface area contributed by atoms with Crippen molar-refractivity contribution in [3.8, 4) is 0 Å². The van der Waals surface area contributed by atoms with Crippen molar-refractivity contribution in [3.05, 3.63) is 28.4 Å². The molecule has 24 heavy (non-hydrogen) atoms. The van der Waals surface area contributed by atoms with E-state index in [1.165, 1.54) is 18.3 Å². The first kappa shape index (κ1) is 20.0. The molecule has 0 aliphatic rings. The van der Waals surface area contributed by atoms with Gasteiger partial charge in [0.25, 0.3) is 0 Å². The molecule has 1 aromatic rings. The van der Waals surface area contributed by atoms with E-state index in [9.17, 15) is 19.7 Å². The number of nitrogens with one attached hydrogen (secondary N) is 1. The molecule has 2 N–H and O–H groups in total. The van der Waals surface area contributed by atoms with Gasteiger partial charge in [0.2, 0.25) is 0 Å². The van der Waals surface area contributed by atoms with Gasteiger partial charge in [-0.3, -0.25) is 10.1 Å². The molecule has 0 saturated heterocycles. The number of nitro groups is 1. The molecule has 1 heterocycles.